The van der Waals surface area contributed by atoms with E-state index in [9.17, 15) is 13.2 Å². The van der Waals surface area contributed by atoms with Gasteiger partial charge in [0.1, 0.15) is 5.75 Å². The van der Waals surface area contributed by atoms with E-state index in [2.05, 4.69) is 35.4 Å². The van der Waals surface area contributed by atoms with Crippen LogP contribution in [0.5, 0.6) is 5.75 Å². The fraction of sp³-hybridized carbons (Fsp3) is 0.630. The van der Waals surface area contributed by atoms with Gasteiger partial charge in [-0.1, -0.05) is 13.0 Å². The first-order valence-corrected chi connectivity index (χ1v) is 15.5. The molecule has 3 aliphatic carbocycles. The maximum atomic E-state index is 12.8. The summed E-state index contributed by atoms with van der Waals surface area (Å²) in [7, 11) is -1.87. The topological polar surface area (TPSA) is 94.6 Å². The van der Waals surface area contributed by atoms with Crippen molar-refractivity contribution in [2.75, 3.05) is 18.7 Å². The van der Waals surface area contributed by atoms with Crippen molar-refractivity contribution in [2.45, 2.75) is 70.8 Å². The molecule has 7 nitrogen and oxygen atoms in total. The number of aryl methyl sites for hydroxylation is 2. The third-order valence-electron chi connectivity index (χ3n) is 8.89. The van der Waals surface area contributed by atoms with E-state index in [1.54, 1.807) is 13.3 Å². The number of hydrogen-bond acceptors (Lipinski definition) is 7. The lowest BCUT2D eigenvalue weighted by Gasteiger charge is -2.51. The molecule has 0 saturated heterocycles. The van der Waals surface area contributed by atoms with E-state index in [4.69, 9.17) is 8.92 Å². The average Bonchev–Trinajstić information content (AvgIpc) is 3.35. The molecule has 36 heavy (non-hydrogen) atoms. The predicted molar refractivity (Wildman–Crippen MR) is 141 cm³/mol. The van der Waals surface area contributed by atoms with Gasteiger partial charge in [0.25, 0.3) is 10.1 Å². The summed E-state index contributed by atoms with van der Waals surface area (Å²) >= 11 is 1.47. The number of hydrogen-bond donors (Lipinski definition) is 1. The van der Waals surface area contributed by atoms with Crippen molar-refractivity contribution in [3.05, 3.63) is 40.4 Å². The van der Waals surface area contributed by atoms with Crippen molar-refractivity contribution < 1.29 is 22.1 Å². The van der Waals surface area contributed by atoms with E-state index >= 15 is 0 Å². The number of fused-ring (bicyclic) bond motifs is 5. The number of carbonyl (C=O) groups excluding carboxylic acids is 1. The molecule has 0 bridgehead atoms. The molecule has 2 fully saturated rings. The molecule has 9 heteroatoms. The lowest BCUT2D eigenvalue weighted by molar-refractivity contribution is -0.116. The smallest absolute Gasteiger partial charge is 0.264 e. The van der Waals surface area contributed by atoms with Crippen LogP contribution in [0.2, 0.25) is 0 Å². The molecular formula is C27H36N2O5S2. The summed E-state index contributed by atoms with van der Waals surface area (Å²) in [6, 6.07) is 6.46. The summed E-state index contributed by atoms with van der Waals surface area (Å²) in [4.78, 5) is 18.1. The molecule has 5 rings (SSSR count). The molecule has 1 aromatic carbocycles. The van der Waals surface area contributed by atoms with Crippen LogP contribution >= 0.6 is 11.3 Å². The summed E-state index contributed by atoms with van der Waals surface area (Å²) in [5.41, 5.74) is 2.56. The lowest BCUT2D eigenvalue weighted by atomic mass is 9.53. The zero-order chi connectivity index (χ0) is 25.7. The number of carbonyl (C=O) groups is 1. The molecular weight excluding hydrogens is 496 g/mol. The van der Waals surface area contributed by atoms with Gasteiger partial charge in [-0.3, -0.25) is 8.98 Å². The van der Waals surface area contributed by atoms with Crippen LogP contribution in [0, 0.1) is 30.1 Å². The second-order valence-corrected chi connectivity index (χ2v) is 13.9. The monoisotopic (exact) mass is 532 g/mol. The van der Waals surface area contributed by atoms with Gasteiger partial charge in [-0.05, 0) is 97.8 Å². The highest BCUT2D eigenvalue weighted by molar-refractivity contribution is 7.86. The van der Waals surface area contributed by atoms with Crippen molar-refractivity contribution in [3.63, 3.8) is 0 Å². The van der Waals surface area contributed by atoms with Crippen LogP contribution in [0.25, 0.3) is 0 Å². The Hall–Kier alpha value is -1.97. The Morgan fingerprint density at radius 2 is 2.11 bits per heavy atom. The van der Waals surface area contributed by atoms with E-state index in [1.165, 1.54) is 22.5 Å². The fourth-order valence-corrected chi connectivity index (χ4v) is 8.89. The van der Waals surface area contributed by atoms with Crippen LogP contribution in [0.15, 0.2) is 24.4 Å². The van der Waals surface area contributed by atoms with Gasteiger partial charge in [0, 0.05) is 17.5 Å². The van der Waals surface area contributed by atoms with Gasteiger partial charge in [0.2, 0.25) is 5.91 Å². The molecule has 0 spiro atoms. The minimum absolute atomic E-state index is 0.0352. The number of benzene rings is 1. The van der Waals surface area contributed by atoms with Crippen LogP contribution in [0.3, 0.4) is 0 Å². The van der Waals surface area contributed by atoms with Crippen LogP contribution in [-0.4, -0.2) is 38.8 Å². The molecule has 3 aliphatic rings. The highest BCUT2D eigenvalue weighted by Crippen LogP contribution is 2.64. The molecule has 6 atom stereocenters. The number of ether oxygens (including phenoxy) is 1. The van der Waals surface area contributed by atoms with Crippen molar-refractivity contribution in [1.29, 1.82) is 0 Å². The molecule has 3 unspecified atom stereocenters. The van der Waals surface area contributed by atoms with Crippen LogP contribution in [0.1, 0.15) is 67.4 Å². The van der Waals surface area contributed by atoms with Crippen molar-refractivity contribution >= 4 is 32.5 Å². The quantitative estimate of drug-likeness (QED) is 0.486. The van der Waals surface area contributed by atoms with Gasteiger partial charge in [-0.25, -0.2) is 4.98 Å². The highest BCUT2D eigenvalue weighted by atomic mass is 32.2. The van der Waals surface area contributed by atoms with Gasteiger partial charge in [0.15, 0.2) is 5.13 Å². The van der Waals surface area contributed by atoms with Gasteiger partial charge in [-0.15, -0.1) is 11.3 Å². The highest BCUT2D eigenvalue weighted by Gasteiger charge is 2.59. The summed E-state index contributed by atoms with van der Waals surface area (Å²) < 4.78 is 35.6. The molecule has 0 aliphatic heterocycles. The number of rotatable bonds is 7. The second kappa shape index (κ2) is 9.72. The van der Waals surface area contributed by atoms with E-state index < -0.39 is 10.1 Å². The predicted octanol–water partition coefficient (Wildman–Crippen LogP) is 5.31. The number of amides is 1. The zero-order valence-corrected chi connectivity index (χ0v) is 23.1. The number of nitrogens with one attached hydrogen (secondary N) is 1. The number of aromatic nitrogens is 1. The molecule has 0 radical (unpaired) electrons. The Kier molecular flexibility index (Phi) is 6.93. The van der Waals surface area contributed by atoms with E-state index in [0.717, 1.165) is 49.0 Å². The van der Waals surface area contributed by atoms with Crippen molar-refractivity contribution in [3.8, 4) is 5.75 Å². The Bertz CT molecular complexity index is 1240. The normalized spacial score (nSPS) is 31.3. The molecule has 2 aromatic rings. The van der Waals surface area contributed by atoms with E-state index in [1.807, 2.05) is 6.92 Å². The van der Waals surface area contributed by atoms with E-state index in [0.29, 0.717) is 35.7 Å². The lowest BCUT2D eigenvalue weighted by Crippen LogP contribution is -2.46. The Labute approximate surface area is 218 Å². The summed E-state index contributed by atoms with van der Waals surface area (Å²) in [6.07, 6.45) is 8.37. The number of thiazole rings is 1. The van der Waals surface area contributed by atoms with Crippen LogP contribution in [-0.2, 0) is 25.5 Å². The first-order valence-electron chi connectivity index (χ1n) is 12.8. The molecule has 1 amide bonds. The summed E-state index contributed by atoms with van der Waals surface area (Å²) in [5.74, 6) is 2.31. The third-order valence-corrected chi connectivity index (χ3v) is 10.3. The van der Waals surface area contributed by atoms with Crippen molar-refractivity contribution in [1.82, 2.24) is 4.98 Å². The molecule has 2 saturated carbocycles. The van der Waals surface area contributed by atoms with Crippen LogP contribution in [0.4, 0.5) is 5.13 Å². The third kappa shape index (κ3) is 4.94. The van der Waals surface area contributed by atoms with Gasteiger partial charge < -0.3 is 10.1 Å². The second-order valence-electron chi connectivity index (χ2n) is 11.1. The van der Waals surface area contributed by atoms with E-state index in [-0.39, 0.29) is 23.3 Å². The minimum atomic E-state index is -3.58. The molecule has 1 aromatic heterocycles. The zero-order valence-electron chi connectivity index (χ0n) is 21.5. The number of nitrogens with zero attached hydrogens (tertiary/aromatic N) is 1. The van der Waals surface area contributed by atoms with Gasteiger partial charge in [-0.2, -0.15) is 8.42 Å². The first-order chi connectivity index (χ1) is 17.1. The largest absolute Gasteiger partial charge is 0.497 e. The Balaban J connectivity index is 1.39. The standard InChI is InChI=1S/C27H36N2O5S2/c1-16-15-28-26(35-16)29-24(30)10-6-18-14-23(34-36(4,31)32)27(2)12-11-21-20-9-7-19(33-3)13-17(20)5-8-22(21)25(18)27/h7,9,13,15,18,21-23,25H,5-6,8,10-12,14H2,1-4H3,(H,28,29,30)/t18-,21?,22?,23+,25?,27-/m1/s1. The van der Waals surface area contributed by atoms with Crippen molar-refractivity contribution in [2.24, 2.45) is 23.2 Å². The first kappa shape index (κ1) is 25.7. The average molecular weight is 533 g/mol. The fourth-order valence-electron chi connectivity index (χ4n) is 7.49. The number of anilines is 1. The van der Waals surface area contributed by atoms with Gasteiger partial charge in [0.05, 0.1) is 19.5 Å². The van der Waals surface area contributed by atoms with Gasteiger partial charge >= 0.3 is 0 Å². The van der Waals surface area contributed by atoms with Crippen LogP contribution < -0.4 is 10.1 Å². The Morgan fingerprint density at radius 1 is 1.31 bits per heavy atom. The number of methoxy groups -OCH3 is 1. The summed E-state index contributed by atoms with van der Waals surface area (Å²) in [6.45, 7) is 4.19. The SMILES string of the molecule is COc1ccc2c(c1)CCC1C2CC[C@@]2(C)C1[C@H](CCC(=O)Nc1ncc(C)s1)C[C@@H]2OS(C)(=O)=O. The minimum Gasteiger partial charge on any atom is -0.497 e. The summed E-state index contributed by atoms with van der Waals surface area (Å²) in [5, 5.41) is 3.56. The molecule has 196 valence electrons. The maximum Gasteiger partial charge on any atom is 0.264 e. The maximum absolute atomic E-state index is 12.8. The molecule has 1 heterocycles. The molecule has 1 N–H and O–H groups in total. The Morgan fingerprint density at radius 3 is 2.81 bits per heavy atom.